The first-order valence-electron chi connectivity index (χ1n) is 12.3. The van der Waals surface area contributed by atoms with Gasteiger partial charge in [0.15, 0.2) is 0 Å². The van der Waals surface area contributed by atoms with E-state index < -0.39 is 17.9 Å². The number of hydrogen-bond acceptors (Lipinski definition) is 5. The van der Waals surface area contributed by atoms with Gasteiger partial charge in [0.05, 0.1) is 12.7 Å². The zero-order valence-corrected chi connectivity index (χ0v) is 20.6. The van der Waals surface area contributed by atoms with Crippen LogP contribution in [0.2, 0.25) is 0 Å². The molecule has 0 aliphatic heterocycles. The van der Waals surface area contributed by atoms with Crippen molar-refractivity contribution in [2.45, 2.75) is 51.1 Å². The van der Waals surface area contributed by atoms with Crippen molar-refractivity contribution in [3.8, 4) is 0 Å². The average Bonchev–Trinajstić information content (AvgIpc) is 2.92. The number of nitrogens with zero attached hydrogens (tertiary/aromatic N) is 2. The second-order valence-corrected chi connectivity index (χ2v) is 9.03. The number of pyridine rings is 1. The number of ether oxygens (including phenoxy) is 1. The minimum Gasteiger partial charge on any atom is -0.465 e. The lowest BCUT2D eigenvalue weighted by Gasteiger charge is -2.34. The van der Waals surface area contributed by atoms with Crippen LogP contribution < -0.4 is 10.2 Å². The molecule has 1 N–H and O–H groups in total. The summed E-state index contributed by atoms with van der Waals surface area (Å²) in [6.45, 7) is 1.93. The molecular weight excluding hydrogens is 454 g/mol. The summed E-state index contributed by atoms with van der Waals surface area (Å²) in [5, 5.41) is 3.21. The highest BCUT2D eigenvalue weighted by molar-refractivity contribution is 6.09. The summed E-state index contributed by atoms with van der Waals surface area (Å²) >= 11 is 0. The molecule has 4 rings (SSSR count). The standard InChI is InChI=1S/C29H31N3O4/c1-20-10-6-7-13-24(20)26(27(33)31-22-11-4-3-5-12-22)32(28(34)25-14-8-9-19-30-25)23-17-15-21(16-18-23)29(35)36-2/h6-10,13-19,22,26H,3-5,11-12H2,1-2H3,(H,31,33)/t26-/m0/s1. The summed E-state index contributed by atoms with van der Waals surface area (Å²) in [4.78, 5) is 45.6. The number of amides is 2. The molecule has 7 heteroatoms. The van der Waals surface area contributed by atoms with Gasteiger partial charge >= 0.3 is 5.97 Å². The van der Waals surface area contributed by atoms with Gasteiger partial charge in [0, 0.05) is 17.9 Å². The molecule has 186 valence electrons. The third kappa shape index (κ3) is 5.62. The molecule has 2 aromatic carbocycles. The zero-order valence-electron chi connectivity index (χ0n) is 20.6. The fourth-order valence-corrected chi connectivity index (χ4v) is 4.69. The van der Waals surface area contributed by atoms with E-state index in [1.54, 1.807) is 48.7 Å². The molecule has 1 heterocycles. The second-order valence-electron chi connectivity index (χ2n) is 9.03. The number of methoxy groups -OCH3 is 1. The molecule has 0 bridgehead atoms. The van der Waals surface area contributed by atoms with Gasteiger partial charge in [-0.3, -0.25) is 19.5 Å². The predicted octanol–water partition coefficient (Wildman–Crippen LogP) is 5.01. The van der Waals surface area contributed by atoms with Gasteiger partial charge in [-0.2, -0.15) is 0 Å². The van der Waals surface area contributed by atoms with E-state index in [9.17, 15) is 14.4 Å². The third-order valence-electron chi connectivity index (χ3n) is 6.61. The Balaban J connectivity index is 1.82. The summed E-state index contributed by atoms with van der Waals surface area (Å²) in [5.41, 5.74) is 2.67. The van der Waals surface area contributed by atoms with Crippen LogP contribution in [0.15, 0.2) is 72.9 Å². The monoisotopic (exact) mass is 485 g/mol. The van der Waals surface area contributed by atoms with Gasteiger partial charge in [-0.1, -0.05) is 49.6 Å². The maximum atomic E-state index is 13.9. The van der Waals surface area contributed by atoms with E-state index in [2.05, 4.69) is 10.3 Å². The second kappa shape index (κ2) is 11.6. The minimum atomic E-state index is -0.924. The lowest BCUT2D eigenvalue weighted by atomic mass is 9.93. The Morgan fingerprint density at radius 2 is 1.64 bits per heavy atom. The van der Waals surface area contributed by atoms with E-state index in [4.69, 9.17) is 4.74 Å². The number of nitrogens with one attached hydrogen (secondary N) is 1. The highest BCUT2D eigenvalue weighted by Gasteiger charge is 2.36. The number of esters is 1. The molecule has 0 radical (unpaired) electrons. The molecule has 1 atom stereocenters. The fraction of sp³-hybridized carbons (Fsp3) is 0.310. The van der Waals surface area contributed by atoms with Gasteiger partial charge in [0.1, 0.15) is 11.7 Å². The molecular formula is C29H31N3O4. The number of rotatable bonds is 7. The molecule has 7 nitrogen and oxygen atoms in total. The first-order valence-corrected chi connectivity index (χ1v) is 12.3. The van der Waals surface area contributed by atoms with Gasteiger partial charge < -0.3 is 10.1 Å². The Morgan fingerprint density at radius 1 is 0.944 bits per heavy atom. The first kappa shape index (κ1) is 25.1. The van der Waals surface area contributed by atoms with Gasteiger partial charge in [-0.05, 0) is 67.3 Å². The van der Waals surface area contributed by atoms with Crippen molar-refractivity contribution in [2.24, 2.45) is 0 Å². The molecule has 2 amide bonds. The Kier molecular flexibility index (Phi) is 8.10. The van der Waals surface area contributed by atoms with Gasteiger partial charge in [0.2, 0.25) is 5.91 Å². The smallest absolute Gasteiger partial charge is 0.337 e. The number of anilines is 1. The number of aromatic nitrogens is 1. The maximum absolute atomic E-state index is 13.9. The Bertz CT molecular complexity index is 1200. The van der Waals surface area contributed by atoms with E-state index in [1.807, 2.05) is 31.2 Å². The van der Waals surface area contributed by atoms with E-state index in [0.29, 0.717) is 11.3 Å². The summed E-state index contributed by atoms with van der Waals surface area (Å²) in [7, 11) is 1.32. The summed E-state index contributed by atoms with van der Waals surface area (Å²) < 4.78 is 4.82. The van der Waals surface area contributed by atoms with Crippen LogP contribution in [0.3, 0.4) is 0 Å². The average molecular weight is 486 g/mol. The molecule has 36 heavy (non-hydrogen) atoms. The lowest BCUT2D eigenvalue weighted by molar-refractivity contribution is -0.123. The molecule has 1 aromatic heterocycles. The highest BCUT2D eigenvalue weighted by atomic mass is 16.5. The number of carbonyl (C=O) groups is 3. The van der Waals surface area contributed by atoms with E-state index in [1.165, 1.54) is 18.4 Å². The van der Waals surface area contributed by atoms with Crippen molar-refractivity contribution in [3.63, 3.8) is 0 Å². The maximum Gasteiger partial charge on any atom is 0.337 e. The van der Waals surface area contributed by atoms with Crippen LogP contribution in [-0.4, -0.2) is 35.9 Å². The molecule has 1 fully saturated rings. The van der Waals surface area contributed by atoms with E-state index >= 15 is 0 Å². The Labute approximate surface area is 211 Å². The number of hydrogen-bond donors (Lipinski definition) is 1. The fourth-order valence-electron chi connectivity index (χ4n) is 4.69. The molecule has 3 aromatic rings. The van der Waals surface area contributed by atoms with Crippen LogP contribution in [0.5, 0.6) is 0 Å². The molecule has 0 spiro atoms. The van der Waals surface area contributed by atoms with Crippen molar-refractivity contribution in [1.29, 1.82) is 0 Å². The molecule has 0 unspecified atom stereocenters. The highest BCUT2D eigenvalue weighted by Crippen LogP contribution is 2.32. The van der Waals surface area contributed by atoms with Crippen molar-refractivity contribution in [2.75, 3.05) is 12.0 Å². The topological polar surface area (TPSA) is 88.6 Å². The normalized spacial score (nSPS) is 14.5. The summed E-state index contributed by atoms with van der Waals surface area (Å²) in [6.07, 6.45) is 6.72. The van der Waals surface area contributed by atoms with Gasteiger partial charge in [-0.25, -0.2) is 4.79 Å². The number of carbonyl (C=O) groups excluding carboxylic acids is 3. The number of aryl methyl sites for hydroxylation is 1. The van der Waals surface area contributed by atoms with Crippen LogP contribution in [0.1, 0.15) is 70.1 Å². The summed E-state index contributed by atoms with van der Waals surface area (Å²) in [6, 6.07) is 18.3. The minimum absolute atomic E-state index is 0.0753. The zero-order chi connectivity index (χ0) is 25.5. The molecule has 0 saturated heterocycles. The van der Waals surface area contributed by atoms with E-state index in [0.717, 1.165) is 36.8 Å². The predicted molar refractivity (Wildman–Crippen MR) is 138 cm³/mol. The summed E-state index contributed by atoms with van der Waals surface area (Å²) in [5.74, 6) is -1.12. The van der Waals surface area contributed by atoms with E-state index in [-0.39, 0.29) is 17.6 Å². The van der Waals surface area contributed by atoms with Gasteiger partial charge in [-0.15, -0.1) is 0 Å². The van der Waals surface area contributed by atoms with Crippen LogP contribution in [-0.2, 0) is 9.53 Å². The van der Waals surface area contributed by atoms with Crippen LogP contribution >= 0.6 is 0 Å². The number of benzene rings is 2. The Hall–Kier alpha value is -4.00. The van der Waals surface area contributed by atoms with Crippen molar-refractivity contribution >= 4 is 23.5 Å². The van der Waals surface area contributed by atoms with Crippen molar-refractivity contribution < 1.29 is 19.1 Å². The van der Waals surface area contributed by atoms with Crippen LogP contribution in [0.25, 0.3) is 0 Å². The molecule has 1 aliphatic rings. The van der Waals surface area contributed by atoms with Crippen LogP contribution in [0, 0.1) is 6.92 Å². The Morgan fingerprint density at radius 3 is 2.28 bits per heavy atom. The quantitative estimate of drug-likeness (QED) is 0.475. The largest absolute Gasteiger partial charge is 0.465 e. The first-order chi connectivity index (χ1) is 17.5. The van der Waals surface area contributed by atoms with Gasteiger partial charge in [0.25, 0.3) is 5.91 Å². The van der Waals surface area contributed by atoms with Crippen molar-refractivity contribution in [1.82, 2.24) is 10.3 Å². The van der Waals surface area contributed by atoms with Crippen LogP contribution in [0.4, 0.5) is 5.69 Å². The van der Waals surface area contributed by atoms with Crippen molar-refractivity contribution in [3.05, 3.63) is 95.3 Å². The SMILES string of the molecule is COC(=O)c1ccc(N(C(=O)c2ccccn2)[C@H](C(=O)NC2CCCCC2)c2ccccc2C)cc1. The molecule has 1 aliphatic carbocycles. The third-order valence-corrected chi connectivity index (χ3v) is 6.61. The molecule has 1 saturated carbocycles. The lowest BCUT2D eigenvalue weighted by Crippen LogP contribution is -2.47.